The van der Waals surface area contributed by atoms with Crippen LogP contribution in [0.4, 0.5) is 0 Å². The molecule has 1 N–H and O–H groups in total. The fourth-order valence-corrected chi connectivity index (χ4v) is 2.95. The Kier molecular flexibility index (Phi) is 4.01. The molecule has 0 aromatic heterocycles. The Hall–Kier alpha value is -1.03. The zero-order valence-corrected chi connectivity index (χ0v) is 13.1. The molecule has 0 bridgehead atoms. The van der Waals surface area contributed by atoms with Gasteiger partial charge >= 0.3 is 0 Å². The molecule has 1 unspecified atom stereocenters. The van der Waals surface area contributed by atoms with E-state index < -0.39 is 6.10 Å². The summed E-state index contributed by atoms with van der Waals surface area (Å²) in [5.74, 6) is 0.810. The molecule has 0 aliphatic heterocycles. The van der Waals surface area contributed by atoms with Gasteiger partial charge in [0.2, 0.25) is 0 Å². The molecular formula is C16H14BrClO2. The molecule has 1 fully saturated rings. The Labute approximate surface area is 131 Å². The number of ether oxygens (including phenoxy) is 1. The van der Waals surface area contributed by atoms with E-state index >= 15 is 0 Å². The maximum Gasteiger partial charge on any atom is 0.120 e. The topological polar surface area (TPSA) is 29.5 Å². The first-order chi connectivity index (χ1) is 9.61. The molecule has 3 rings (SSSR count). The van der Waals surface area contributed by atoms with Gasteiger partial charge in [0.25, 0.3) is 0 Å². The maximum absolute atomic E-state index is 10.5. The molecule has 1 saturated carbocycles. The van der Waals surface area contributed by atoms with E-state index in [1.165, 1.54) is 0 Å². The van der Waals surface area contributed by atoms with Crippen LogP contribution in [0, 0.1) is 0 Å². The van der Waals surface area contributed by atoms with Gasteiger partial charge in [-0.05, 0) is 54.3 Å². The van der Waals surface area contributed by atoms with E-state index in [-0.39, 0.29) is 0 Å². The number of aliphatic hydroxyl groups is 1. The van der Waals surface area contributed by atoms with Crippen molar-refractivity contribution in [2.75, 3.05) is 0 Å². The van der Waals surface area contributed by atoms with Crippen LogP contribution in [-0.2, 0) is 0 Å². The second-order valence-corrected chi connectivity index (χ2v) is 6.35. The highest BCUT2D eigenvalue weighted by atomic mass is 79.9. The average Bonchev–Trinajstić information content (AvgIpc) is 3.21. The summed E-state index contributed by atoms with van der Waals surface area (Å²) in [6.45, 7) is 0. The molecule has 0 spiro atoms. The summed E-state index contributed by atoms with van der Waals surface area (Å²) in [5.41, 5.74) is 1.56. The van der Waals surface area contributed by atoms with Crippen molar-refractivity contribution in [3.63, 3.8) is 0 Å². The molecular weight excluding hydrogens is 340 g/mol. The van der Waals surface area contributed by atoms with Crippen LogP contribution < -0.4 is 4.74 Å². The molecule has 2 nitrogen and oxygen atoms in total. The van der Waals surface area contributed by atoms with Crippen LogP contribution in [-0.4, -0.2) is 11.2 Å². The van der Waals surface area contributed by atoms with Crippen molar-refractivity contribution >= 4 is 27.5 Å². The molecule has 0 heterocycles. The normalized spacial score (nSPS) is 15.9. The number of hydrogen-bond acceptors (Lipinski definition) is 2. The Morgan fingerprint density at radius 1 is 1.15 bits per heavy atom. The predicted octanol–water partition coefficient (Wildman–Crippen LogP) is 4.73. The van der Waals surface area contributed by atoms with Crippen molar-refractivity contribution in [1.82, 2.24) is 0 Å². The molecule has 0 radical (unpaired) electrons. The number of rotatable bonds is 4. The minimum absolute atomic E-state index is 0.350. The molecule has 1 aliphatic carbocycles. The molecule has 4 heteroatoms. The highest BCUT2D eigenvalue weighted by molar-refractivity contribution is 9.10. The highest BCUT2D eigenvalue weighted by Gasteiger charge is 2.23. The van der Waals surface area contributed by atoms with Crippen LogP contribution in [0.5, 0.6) is 5.75 Å². The molecule has 2 aromatic carbocycles. The summed E-state index contributed by atoms with van der Waals surface area (Å²) in [4.78, 5) is 0. The molecule has 104 valence electrons. The van der Waals surface area contributed by atoms with Gasteiger partial charge in [-0.2, -0.15) is 0 Å². The third-order valence-electron chi connectivity index (χ3n) is 3.20. The van der Waals surface area contributed by atoms with Gasteiger partial charge in [0.1, 0.15) is 11.9 Å². The predicted molar refractivity (Wildman–Crippen MR) is 83.3 cm³/mol. The summed E-state index contributed by atoms with van der Waals surface area (Å²) in [6, 6.07) is 13.0. The number of halogens is 2. The van der Waals surface area contributed by atoms with Gasteiger partial charge in [-0.1, -0.05) is 39.7 Å². The fraction of sp³-hybridized carbons (Fsp3) is 0.250. The SMILES string of the molecule is OC(c1cc(Cl)cc(Br)c1)c1cccc(OC2CC2)c1. The smallest absolute Gasteiger partial charge is 0.120 e. The summed E-state index contributed by atoms with van der Waals surface area (Å²) >= 11 is 9.41. The van der Waals surface area contributed by atoms with E-state index in [0.29, 0.717) is 11.1 Å². The highest BCUT2D eigenvalue weighted by Crippen LogP contribution is 2.31. The van der Waals surface area contributed by atoms with Crippen molar-refractivity contribution in [1.29, 1.82) is 0 Å². The van der Waals surface area contributed by atoms with E-state index in [4.69, 9.17) is 16.3 Å². The van der Waals surface area contributed by atoms with Crippen molar-refractivity contribution in [2.45, 2.75) is 25.0 Å². The first-order valence-corrected chi connectivity index (χ1v) is 7.69. The second kappa shape index (κ2) is 5.76. The number of benzene rings is 2. The van der Waals surface area contributed by atoms with Crippen molar-refractivity contribution in [2.24, 2.45) is 0 Å². The molecule has 1 aliphatic rings. The molecule has 1 atom stereocenters. The third kappa shape index (κ3) is 3.35. The van der Waals surface area contributed by atoms with Crippen molar-refractivity contribution in [3.8, 4) is 5.75 Å². The Morgan fingerprint density at radius 3 is 2.65 bits per heavy atom. The van der Waals surface area contributed by atoms with Gasteiger partial charge in [-0.15, -0.1) is 0 Å². The number of aliphatic hydroxyl groups excluding tert-OH is 1. The lowest BCUT2D eigenvalue weighted by Crippen LogP contribution is -2.01. The third-order valence-corrected chi connectivity index (χ3v) is 3.88. The van der Waals surface area contributed by atoms with Gasteiger partial charge < -0.3 is 9.84 Å². The lowest BCUT2D eigenvalue weighted by molar-refractivity contribution is 0.219. The first kappa shape index (κ1) is 13.9. The van der Waals surface area contributed by atoms with Gasteiger partial charge in [-0.3, -0.25) is 0 Å². The van der Waals surface area contributed by atoms with Crippen molar-refractivity contribution in [3.05, 3.63) is 63.1 Å². The fourth-order valence-electron chi connectivity index (χ4n) is 2.06. The van der Waals surface area contributed by atoms with E-state index in [2.05, 4.69) is 15.9 Å². The van der Waals surface area contributed by atoms with Gasteiger partial charge in [-0.25, -0.2) is 0 Å². The summed E-state index contributed by atoms with van der Waals surface area (Å²) in [5, 5.41) is 11.1. The summed E-state index contributed by atoms with van der Waals surface area (Å²) < 4.78 is 6.60. The second-order valence-electron chi connectivity index (χ2n) is 5.00. The van der Waals surface area contributed by atoms with Crippen LogP contribution in [0.25, 0.3) is 0 Å². The quantitative estimate of drug-likeness (QED) is 0.861. The van der Waals surface area contributed by atoms with Crippen LogP contribution >= 0.6 is 27.5 Å². The Morgan fingerprint density at radius 2 is 1.95 bits per heavy atom. The van der Waals surface area contributed by atoms with E-state index in [0.717, 1.165) is 34.2 Å². The van der Waals surface area contributed by atoms with Crippen LogP contribution in [0.3, 0.4) is 0 Å². The van der Waals surface area contributed by atoms with E-state index in [1.807, 2.05) is 30.3 Å². The molecule has 20 heavy (non-hydrogen) atoms. The molecule has 0 amide bonds. The lowest BCUT2D eigenvalue weighted by Gasteiger charge is -2.14. The van der Waals surface area contributed by atoms with Gasteiger partial charge in [0.05, 0.1) is 6.10 Å². The van der Waals surface area contributed by atoms with Gasteiger partial charge in [0, 0.05) is 9.50 Å². The molecule has 2 aromatic rings. The Balaban J connectivity index is 1.86. The minimum Gasteiger partial charge on any atom is -0.490 e. The van der Waals surface area contributed by atoms with E-state index in [9.17, 15) is 5.11 Å². The minimum atomic E-state index is -0.715. The zero-order valence-electron chi connectivity index (χ0n) is 10.7. The summed E-state index contributed by atoms with van der Waals surface area (Å²) in [6.07, 6.45) is 1.87. The Bertz CT molecular complexity index is 605. The van der Waals surface area contributed by atoms with Crippen LogP contribution in [0.1, 0.15) is 30.1 Å². The first-order valence-electron chi connectivity index (χ1n) is 6.52. The number of hydrogen-bond donors (Lipinski definition) is 1. The monoisotopic (exact) mass is 352 g/mol. The molecule has 0 saturated heterocycles. The van der Waals surface area contributed by atoms with Gasteiger partial charge in [0.15, 0.2) is 0 Å². The zero-order chi connectivity index (χ0) is 14.1. The lowest BCUT2D eigenvalue weighted by atomic mass is 10.0. The standard InChI is InChI=1S/C16H14BrClO2/c17-12-6-11(7-13(18)9-12)16(19)10-2-1-3-15(8-10)20-14-4-5-14/h1-3,6-9,14,16,19H,4-5H2. The van der Waals surface area contributed by atoms with Crippen LogP contribution in [0.15, 0.2) is 46.9 Å². The van der Waals surface area contributed by atoms with Crippen molar-refractivity contribution < 1.29 is 9.84 Å². The largest absolute Gasteiger partial charge is 0.490 e. The van der Waals surface area contributed by atoms with E-state index in [1.54, 1.807) is 12.1 Å². The average molecular weight is 354 g/mol. The maximum atomic E-state index is 10.5. The van der Waals surface area contributed by atoms with Crippen LogP contribution in [0.2, 0.25) is 5.02 Å². The summed E-state index contributed by atoms with van der Waals surface area (Å²) in [7, 11) is 0.